The number of hydrazone groups is 1. The number of hydrogen-bond donors (Lipinski definition) is 1. The van der Waals surface area contributed by atoms with E-state index in [9.17, 15) is 9.59 Å². The third-order valence-corrected chi connectivity index (χ3v) is 7.58. The number of benzene rings is 2. The van der Waals surface area contributed by atoms with E-state index in [1.165, 1.54) is 43.0 Å². The molecule has 0 bridgehead atoms. The monoisotopic (exact) mass is 473 g/mol. The predicted octanol–water partition coefficient (Wildman–Crippen LogP) is 4.67. The standard InChI is InChI=1S/C28H35N5O2/c1-19-15-25(32-14-12-22(18-32)17-31-13-4-5-21(31)3)10-11-26(19)29-28(35)23-6-8-24(9-7-23)33-27(34)16-20(2)30-33/h6-11,15,21-22H,4-5,12-14,16-18H2,1-3H3,(H,29,35). The van der Waals surface area contributed by atoms with Crippen LogP contribution in [0.5, 0.6) is 0 Å². The lowest BCUT2D eigenvalue weighted by Crippen LogP contribution is -2.33. The Labute approximate surface area is 207 Å². The zero-order chi connectivity index (χ0) is 24.5. The fourth-order valence-electron chi connectivity index (χ4n) is 5.50. The van der Waals surface area contributed by atoms with Crippen LogP contribution in [0.3, 0.4) is 0 Å². The van der Waals surface area contributed by atoms with E-state index in [0.29, 0.717) is 17.7 Å². The van der Waals surface area contributed by atoms with Gasteiger partial charge in [-0.25, -0.2) is 5.01 Å². The molecule has 3 aliphatic rings. The molecule has 1 N–H and O–H groups in total. The molecule has 7 nitrogen and oxygen atoms in total. The fraction of sp³-hybridized carbons (Fsp3) is 0.464. The molecular formula is C28H35N5O2. The van der Waals surface area contributed by atoms with Crippen molar-refractivity contribution in [1.29, 1.82) is 0 Å². The van der Waals surface area contributed by atoms with E-state index in [-0.39, 0.29) is 11.8 Å². The largest absolute Gasteiger partial charge is 0.371 e. The molecule has 0 aliphatic carbocycles. The average molecular weight is 474 g/mol. The lowest BCUT2D eigenvalue weighted by atomic mass is 10.1. The first-order valence-corrected chi connectivity index (χ1v) is 12.8. The molecule has 3 aliphatic heterocycles. The number of amides is 2. The zero-order valence-corrected chi connectivity index (χ0v) is 21.0. The number of rotatable bonds is 6. The van der Waals surface area contributed by atoms with E-state index >= 15 is 0 Å². The maximum atomic E-state index is 12.9. The first-order valence-electron chi connectivity index (χ1n) is 12.8. The minimum Gasteiger partial charge on any atom is -0.371 e. The first kappa shape index (κ1) is 23.5. The molecule has 2 fully saturated rings. The van der Waals surface area contributed by atoms with Crippen LogP contribution in [-0.2, 0) is 4.79 Å². The second-order valence-electron chi connectivity index (χ2n) is 10.3. The van der Waals surface area contributed by atoms with Crippen LogP contribution < -0.4 is 15.2 Å². The smallest absolute Gasteiger partial charge is 0.255 e. The Bertz CT molecular complexity index is 1140. The number of nitrogens with one attached hydrogen (secondary N) is 1. The van der Waals surface area contributed by atoms with Gasteiger partial charge in [-0.2, -0.15) is 5.10 Å². The number of carbonyl (C=O) groups is 2. The summed E-state index contributed by atoms with van der Waals surface area (Å²) in [4.78, 5) is 30.0. The number of likely N-dealkylation sites (tertiary alicyclic amines) is 1. The summed E-state index contributed by atoms with van der Waals surface area (Å²) in [6.07, 6.45) is 4.25. The SMILES string of the molecule is CC1=NN(c2ccc(C(=O)Nc3ccc(N4CCC(CN5CCCC5C)C4)cc3C)cc2)C(=O)C1. The van der Waals surface area contributed by atoms with Gasteiger partial charge in [-0.1, -0.05) is 0 Å². The first-order chi connectivity index (χ1) is 16.9. The van der Waals surface area contributed by atoms with Gasteiger partial charge >= 0.3 is 0 Å². The van der Waals surface area contributed by atoms with Gasteiger partial charge < -0.3 is 15.1 Å². The molecule has 0 radical (unpaired) electrons. The van der Waals surface area contributed by atoms with E-state index in [1.54, 1.807) is 24.3 Å². The van der Waals surface area contributed by atoms with Crippen molar-refractivity contribution in [2.75, 3.05) is 41.4 Å². The number of hydrogen-bond acceptors (Lipinski definition) is 5. The molecule has 2 saturated heterocycles. The molecule has 0 saturated carbocycles. The number of aryl methyl sites for hydroxylation is 1. The minimum atomic E-state index is -0.166. The van der Waals surface area contributed by atoms with Crippen molar-refractivity contribution in [3.63, 3.8) is 0 Å². The molecular weight excluding hydrogens is 438 g/mol. The van der Waals surface area contributed by atoms with E-state index in [1.807, 2.05) is 19.9 Å². The van der Waals surface area contributed by atoms with Gasteiger partial charge in [-0.05, 0) is 101 Å². The van der Waals surface area contributed by atoms with Gasteiger partial charge in [0.15, 0.2) is 0 Å². The highest BCUT2D eigenvalue weighted by Crippen LogP contribution is 2.30. The van der Waals surface area contributed by atoms with Crippen LogP contribution in [0.25, 0.3) is 0 Å². The summed E-state index contributed by atoms with van der Waals surface area (Å²) in [5.74, 6) is 0.509. The van der Waals surface area contributed by atoms with Crippen molar-refractivity contribution in [3.05, 3.63) is 53.6 Å². The summed E-state index contributed by atoms with van der Waals surface area (Å²) in [5.41, 5.74) is 5.11. The van der Waals surface area contributed by atoms with Crippen LogP contribution in [0.4, 0.5) is 17.1 Å². The average Bonchev–Trinajstić information content (AvgIpc) is 3.56. The predicted molar refractivity (Wildman–Crippen MR) is 141 cm³/mol. The molecule has 3 heterocycles. The number of carbonyl (C=O) groups excluding carboxylic acids is 2. The van der Waals surface area contributed by atoms with Gasteiger partial charge in [0.05, 0.1) is 12.1 Å². The summed E-state index contributed by atoms with van der Waals surface area (Å²) in [6.45, 7) is 10.9. The second-order valence-corrected chi connectivity index (χ2v) is 10.3. The van der Waals surface area contributed by atoms with E-state index in [2.05, 4.69) is 39.3 Å². The molecule has 0 spiro atoms. The molecule has 35 heavy (non-hydrogen) atoms. The van der Waals surface area contributed by atoms with Gasteiger partial charge in [0.25, 0.3) is 11.8 Å². The second kappa shape index (κ2) is 9.82. The normalized spacial score (nSPS) is 22.7. The Kier molecular flexibility index (Phi) is 6.60. The molecule has 2 unspecified atom stereocenters. The molecule has 184 valence electrons. The van der Waals surface area contributed by atoms with Crippen LogP contribution in [-0.4, -0.2) is 54.6 Å². The highest BCUT2D eigenvalue weighted by molar-refractivity contribution is 6.12. The van der Waals surface area contributed by atoms with Crippen LogP contribution >= 0.6 is 0 Å². The van der Waals surface area contributed by atoms with Crippen molar-refractivity contribution in [1.82, 2.24) is 4.90 Å². The summed E-state index contributed by atoms with van der Waals surface area (Å²) in [6, 6.07) is 14.0. The van der Waals surface area contributed by atoms with Crippen LogP contribution in [0.1, 0.15) is 55.5 Å². The van der Waals surface area contributed by atoms with E-state index in [0.717, 1.165) is 42.0 Å². The topological polar surface area (TPSA) is 68.2 Å². The Balaban J connectivity index is 1.19. The maximum absolute atomic E-state index is 12.9. The molecule has 2 aromatic carbocycles. The van der Waals surface area contributed by atoms with Gasteiger partial charge in [0.2, 0.25) is 0 Å². The van der Waals surface area contributed by atoms with Crippen molar-refractivity contribution < 1.29 is 9.59 Å². The third kappa shape index (κ3) is 5.10. The van der Waals surface area contributed by atoms with Gasteiger partial charge in [-0.15, -0.1) is 0 Å². The molecule has 0 aromatic heterocycles. The van der Waals surface area contributed by atoms with Gasteiger partial charge in [0.1, 0.15) is 0 Å². The molecule has 2 atom stereocenters. The van der Waals surface area contributed by atoms with Crippen molar-refractivity contribution in [2.45, 2.75) is 52.5 Å². The Morgan fingerprint density at radius 3 is 2.49 bits per heavy atom. The molecule has 2 aromatic rings. The Hall–Kier alpha value is -3.19. The van der Waals surface area contributed by atoms with E-state index < -0.39 is 0 Å². The summed E-state index contributed by atoms with van der Waals surface area (Å²) >= 11 is 0. The van der Waals surface area contributed by atoms with Crippen LogP contribution in [0.2, 0.25) is 0 Å². The summed E-state index contributed by atoms with van der Waals surface area (Å²) in [7, 11) is 0. The molecule has 7 heteroatoms. The van der Waals surface area contributed by atoms with Crippen LogP contribution in [0, 0.1) is 12.8 Å². The third-order valence-electron chi connectivity index (χ3n) is 7.58. The minimum absolute atomic E-state index is 0.0506. The molecule has 5 rings (SSSR count). The number of anilines is 3. The quantitative estimate of drug-likeness (QED) is 0.662. The summed E-state index contributed by atoms with van der Waals surface area (Å²) in [5, 5.41) is 8.70. The Morgan fingerprint density at radius 1 is 1.06 bits per heavy atom. The highest BCUT2D eigenvalue weighted by atomic mass is 16.2. The lowest BCUT2D eigenvalue weighted by Gasteiger charge is -2.25. The van der Waals surface area contributed by atoms with Gasteiger partial charge in [-0.3, -0.25) is 9.59 Å². The summed E-state index contributed by atoms with van der Waals surface area (Å²) < 4.78 is 0. The Morgan fingerprint density at radius 2 is 1.83 bits per heavy atom. The van der Waals surface area contributed by atoms with Gasteiger partial charge in [0, 0.05) is 48.3 Å². The van der Waals surface area contributed by atoms with E-state index in [4.69, 9.17) is 0 Å². The fourth-order valence-corrected chi connectivity index (χ4v) is 5.50. The maximum Gasteiger partial charge on any atom is 0.255 e. The highest BCUT2D eigenvalue weighted by Gasteiger charge is 2.28. The molecule has 2 amide bonds. The lowest BCUT2D eigenvalue weighted by molar-refractivity contribution is -0.116. The van der Waals surface area contributed by atoms with Crippen molar-refractivity contribution in [2.24, 2.45) is 11.0 Å². The zero-order valence-electron chi connectivity index (χ0n) is 21.0. The van der Waals surface area contributed by atoms with Crippen molar-refractivity contribution in [3.8, 4) is 0 Å². The van der Waals surface area contributed by atoms with Crippen LogP contribution in [0.15, 0.2) is 47.6 Å². The van der Waals surface area contributed by atoms with Crippen molar-refractivity contribution >= 4 is 34.6 Å². The number of nitrogens with zero attached hydrogens (tertiary/aromatic N) is 4.